The van der Waals surface area contributed by atoms with E-state index in [0.717, 1.165) is 30.8 Å². The van der Waals surface area contributed by atoms with E-state index in [-0.39, 0.29) is 5.91 Å². The molecule has 1 saturated heterocycles. The summed E-state index contributed by atoms with van der Waals surface area (Å²) in [6, 6.07) is 9.89. The van der Waals surface area contributed by atoms with E-state index in [1.165, 1.54) is 6.42 Å². The van der Waals surface area contributed by atoms with Gasteiger partial charge in [-0.05, 0) is 18.8 Å². The van der Waals surface area contributed by atoms with Crippen molar-refractivity contribution in [1.29, 1.82) is 0 Å². The molecule has 3 rings (SSSR count). The lowest BCUT2D eigenvalue weighted by molar-refractivity contribution is -0.132. The Morgan fingerprint density at radius 3 is 2.95 bits per heavy atom. The average molecular weight is 298 g/mol. The van der Waals surface area contributed by atoms with Crippen LogP contribution in [-0.4, -0.2) is 28.9 Å². The Morgan fingerprint density at radius 1 is 1.36 bits per heavy atom. The van der Waals surface area contributed by atoms with Crippen LogP contribution in [0.4, 0.5) is 0 Å². The Balaban J connectivity index is 1.56. The van der Waals surface area contributed by atoms with E-state index in [0.29, 0.717) is 24.7 Å². The molecule has 2 aromatic rings. The first kappa shape index (κ1) is 14.8. The van der Waals surface area contributed by atoms with Gasteiger partial charge in [0.2, 0.25) is 5.91 Å². The fraction of sp³-hybridized carbons (Fsp3) is 0.444. The number of benzene rings is 1. The molecule has 0 bridgehead atoms. The maximum absolute atomic E-state index is 12.3. The van der Waals surface area contributed by atoms with Crippen molar-refractivity contribution < 1.29 is 9.21 Å². The minimum absolute atomic E-state index is 0.214. The monoisotopic (exact) mass is 298 g/mol. The summed E-state index contributed by atoms with van der Waals surface area (Å²) in [6.45, 7) is 3.99. The van der Waals surface area contributed by atoms with Gasteiger partial charge in [-0.3, -0.25) is 4.79 Å². The third-order valence-corrected chi connectivity index (χ3v) is 4.17. The largest absolute Gasteiger partial charge is 0.441 e. The summed E-state index contributed by atoms with van der Waals surface area (Å²) < 4.78 is 5.75. The van der Waals surface area contributed by atoms with E-state index in [4.69, 9.17) is 4.42 Å². The van der Waals surface area contributed by atoms with Crippen molar-refractivity contribution in [3.05, 3.63) is 42.4 Å². The molecule has 1 amide bonds. The molecule has 22 heavy (non-hydrogen) atoms. The van der Waals surface area contributed by atoms with Crippen LogP contribution < -0.4 is 0 Å². The lowest BCUT2D eigenvalue weighted by Gasteiger charge is -2.30. The van der Waals surface area contributed by atoms with Gasteiger partial charge in [-0.25, -0.2) is 4.98 Å². The van der Waals surface area contributed by atoms with E-state index < -0.39 is 0 Å². The van der Waals surface area contributed by atoms with Gasteiger partial charge in [0.15, 0.2) is 11.7 Å². The standard InChI is InChI=1S/C18H22N2O2/c1-14-6-5-11-20(13-14)18(21)10-9-17-19-12-16(22-17)15-7-3-2-4-8-15/h2-4,7-8,12,14H,5-6,9-11,13H2,1H3. The lowest BCUT2D eigenvalue weighted by Crippen LogP contribution is -2.39. The van der Waals surface area contributed by atoms with E-state index in [1.54, 1.807) is 6.20 Å². The highest BCUT2D eigenvalue weighted by molar-refractivity contribution is 5.76. The van der Waals surface area contributed by atoms with Crippen LogP contribution in [0, 0.1) is 5.92 Å². The highest BCUT2D eigenvalue weighted by Gasteiger charge is 2.21. The van der Waals surface area contributed by atoms with Crippen LogP contribution in [0.2, 0.25) is 0 Å². The molecule has 1 unspecified atom stereocenters. The summed E-state index contributed by atoms with van der Waals surface area (Å²) in [6.07, 6.45) is 5.12. The fourth-order valence-electron chi connectivity index (χ4n) is 2.95. The van der Waals surface area contributed by atoms with Gasteiger partial charge < -0.3 is 9.32 Å². The summed E-state index contributed by atoms with van der Waals surface area (Å²) in [5, 5.41) is 0. The third kappa shape index (κ3) is 3.56. The van der Waals surface area contributed by atoms with Gasteiger partial charge in [-0.1, -0.05) is 37.3 Å². The highest BCUT2D eigenvalue weighted by Crippen LogP contribution is 2.21. The van der Waals surface area contributed by atoms with Gasteiger partial charge in [0.1, 0.15) is 0 Å². The number of piperidine rings is 1. The predicted molar refractivity (Wildman–Crippen MR) is 85.2 cm³/mol. The molecule has 0 aliphatic carbocycles. The van der Waals surface area contributed by atoms with Gasteiger partial charge in [-0.2, -0.15) is 0 Å². The maximum atomic E-state index is 12.3. The summed E-state index contributed by atoms with van der Waals surface area (Å²) in [5.41, 5.74) is 1.01. The molecule has 0 spiro atoms. The zero-order valence-electron chi connectivity index (χ0n) is 13.0. The molecule has 1 aromatic carbocycles. The lowest BCUT2D eigenvalue weighted by atomic mass is 10.00. The Morgan fingerprint density at radius 2 is 2.18 bits per heavy atom. The molecule has 0 N–H and O–H groups in total. The van der Waals surface area contributed by atoms with Crippen molar-refractivity contribution in [3.8, 4) is 11.3 Å². The molecular formula is C18H22N2O2. The fourth-order valence-corrected chi connectivity index (χ4v) is 2.95. The summed E-state index contributed by atoms with van der Waals surface area (Å²) in [4.78, 5) is 18.5. The summed E-state index contributed by atoms with van der Waals surface area (Å²) >= 11 is 0. The number of aromatic nitrogens is 1. The van der Waals surface area contributed by atoms with Crippen LogP contribution in [0.15, 0.2) is 40.9 Å². The number of nitrogens with zero attached hydrogens (tertiary/aromatic N) is 2. The Kier molecular flexibility index (Phi) is 4.56. The van der Waals surface area contributed by atoms with Gasteiger partial charge in [0.05, 0.1) is 6.20 Å². The Labute approximate surface area is 131 Å². The molecule has 4 heteroatoms. The molecule has 0 saturated carbocycles. The van der Waals surface area contributed by atoms with Crippen molar-refractivity contribution >= 4 is 5.91 Å². The van der Waals surface area contributed by atoms with E-state index in [9.17, 15) is 4.79 Å². The molecule has 1 atom stereocenters. The molecule has 116 valence electrons. The number of carbonyl (C=O) groups is 1. The predicted octanol–water partition coefficient (Wildman–Crippen LogP) is 3.53. The number of hydrogen-bond donors (Lipinski definition) is 0. The van der Waals surface area contributed by atoms with Crippen molar-refractivity contribution in [3.63, 3.8) is 0 Å². The SMILES string of the molecule is CC1CCCN(C(=O)CCc2ncc(-c3ccccc3)o2)C1. The molecular weight excluding hydrogens is 276 g/mol. The first-order chi connectivity index (χ1) is 10.7. The van der Waals surface area contributed by atoms with Crippen LogP contribution >= 0.6 is 0 Å². The first-order valence-corrected chi connectivity index (χ1v) is 8.00. The minimum Gasteiger partial charge on any atom is -0.441 e. The van der Waals surface area contributed by atoms with Gasteiger partial charge in [0.25, 0.3) is 0 Å². The second-order valence-electron chi connectivity index (χ2n) is 6.07. The zero-order valence-corrected chi connectivity index (χ0v) is 13.0. The summed E-state index contributed by atoms with van der Waals surface area (Å²) in [5.74, 6) is 2.22. The summed E-state index contributed by atoms with van der Waals surface area (Å²) in [7, 11) is 0. The Hall–Kier alpha value is -2.10. The molecule has 1 fully saturated rings. The molecule has 0 radical (unpaired) electrons. The number of rotatable bonds is 4. The normalized spacial score (nSPS) is 18.4. The molecule has 1 aliphatic rings. The van der Waals surface area contributed by atoms with Crippen LogP contribution in [0.1, 0.15) is 32.1 Å². The molecule has 4 nitrogen and oxygen atoms in total. The quantitative estimate of drug-likeness (QED) is 0.867. The maximum Gasteiger partial charge on any atom is 0.223 e. The van der Waals surface area contributed by atoms with E-state index in [1.807, 2.05) is 35.2 Å². The number of oxazole rings is 1. The van der Waals surface area contributed by atoms with Crippen molar-refractivity contribution in [2.45, 2.75) is 32.6 Å². The van der Waals surface area contributed by atoms with E-state index >= 15 is 0 Å². The molecule has 1 aromatic heterocycles. The van der Waals surface area contributed by atoms with Crippen LogP contribution in [0.25, 0.3) is 11.3 Å². The van der Waals surface area contributed by atoms with Crippen molar-refractivity contribution in [2.24, 2.45) is 5.92 Å². The first-order valence-electron chi connectivity index (χ1n) is 8.00. The van der Waals surface area contributed by atoms with Crippen molar-refractivity contribution in [2.75, 3.05) is 13.1 Å². The van der Waals surface area contributed by atoms with Gasteiger partial charge in [-0.15, -0.1) is 0 Å². The second kappa shape index (κ2) is 6.77. The average Bonchev–Trinajstić information content (AvgIpc) is 3.02. The van der Waals surface area contributed by atoms with Gasteiger partial charge >= 0.3 is 0 Å². The van der Waals surface area contributed by atoms with Crippen LogP contribution in [0.3, 0.4) is 0 Å². The number of hydrogen-bond acceptors (Lipinski definition) is 3. The second-order valence-corrected chi connectivity index (χ2v) is 6.07. The smallest absolute Gasteiger partial charge is 0.223 e. The number of carbonyl (C=O) groups excluding carboxylic acids is 1. The van der Waals surface area contributed by atoms with Crippen LogP contribution in [0.5, 0.6) is 0 Å². The molecule has 1 aliphatic heterocycles. The van der Waals surface area contributed by atoms with E-state index in [2.05, 4.69) is 11.9 Å². The van der Waals surface area contributed by atoms with Crippen LogP contribution in [-0.2, 0) is 11.2 Å². The van der Waals surface area contributed by atoms with Gasteiger partial charge in [0, 0.05) is 31.5 Å². The Bertz CT molecular complexity index is 621. The number of likely N-dealkylation sites (tertiary alicyclic amines) is 1. The molecule has 2 heterocycles. The van der Waals surface area contributed by atoms with Crippen molar-refractivity contribution in [1.82, 2.24) is 9.88 Å². The zero-order chi connectivity index (χ0) is 15.4. The number of aryl methyl sites for hydroxylation is 1. The minimum atomic E-state index is 0.214. The number of amides is 1. The topological polar surface area (TPSA) is 46.3 Å². The third-order valence-electron chi connectivity index (χ3n) is 4.17. The highest BCUT2D eigenvalue weighted by atomic mass is 16.4.